The van der Waals surface area contributed by atoms with Gasteiger partial charge < -0.3 is 18.6 Å². The number of furan rings is 1. The number of fused-ring (bicyclic) bond motifs is 1. The Morgan fingerprint density at radius 1 is 0.957 bits per heavy atom. The highest BCUT2D eigenvalue weighted by Gasteiger charge is 2.35. The molecular formula is C37H32N2O7S. The summed E-state index contributed by atoms with van der Waals surface area (Å²) in [5.41, 5.74) is 3.92. The number of aryl methyl sites for hydroxylation is 1. The summed E-state index contributed by atoms with van der Waals surface area (Å²) in [4.78, 5) is 45.2. The smallest absolute Gasteiger partial charge is 0.338 e. The number of methoxy groups -OCH3 is 1. The molecule has 1 atom stereocenters. The van der Waals surface area contributed by atoms with Crippen LogP contribution in [-0.2, 0) is 14.3 Å². The van der Waals surface area contributed by atoms with Gasteiger partial charge >= 0.3 is 11.9 Å². The predicted molar refractivity (Wildman–Crippen MR) is 179 cm³/mol. The van der Waals surface area contributed by atoms with Crippen molar-refractivity contribution >= 4 is 35.0 Å². The van der Waals surface area contributed by atoms with Crippen LogP contribution in [0.4, 0.5) is 0 Å². The van der Waals surface area contributed by atoms with E-state index in [0.717, 1.165) is 16.7 Å². The molecule has 1 aliphatic heterocycles. The first kappa shape index (κ1) is 31.5. The van der Waals surface area contributed by atoms with Gasteiger partial charge in [0, 0.05) is 17.2 Å². The highest BCUT2D eigenvalue weighted by molar-refractivity contribution is 7.07. The van der Waals surface area contributed by atoms with Gasteiger partial charge in [-0.05, 0) is 68.3 Å². The Kier molecular flexibility index (Phi) is 9.03. The summed E-state index contributed by atoms with van der Waals surface area (Å²) >= 11 is 1.21. The number of carbonyl (C=O) groups excluding carboxylic acids is 2. The number of thiazole rings is 1. The fourth-order valence-corrected chi connectivity index (χ4v) is 6.54. The molecule has 0 amide bonds. The first-order chi connectivity index (χ1) is 22.8. The molecule has 0 fully saturated rings. The Hall–Kier alpha value is -5.48. The Morgan fingerprint density at radius 2 is 1.72 bits per heavy atom. The minimum Gasteiger partial charge on any atom is -0.494 e. The van der Waals surface area contributed by atoms with Crippen molar-refractivity contribution in [3.8, 4) is 17.1 Å². The van der Waals surface area contributed by atoms with Gasteiger partial charge in [0.25, 0.3) is 5.56 Å². The Labute approximate surface area is 274 Å². The van der Waals surface area contributed by atoms with Gasteiger partial charge in [0.1, 0.15) is 17.3 Å². The molecule has 0 spiro atoms. The number of benzene rings is 3. The van der Waals surface area contributed by atoms with Gasteiger partial charge in [-0.1, -0.05) is 59.9 Å². The monoisotopic (exact) mass is 648 g/mol. The van der Waals surface area contributed by atoms with E-state index >= 15 is 0 Å². The van der Waals surface area contributed by atoms with E-state index in [0.29, 0.717) is 50.0 Å². The molecule has 5 aromatic rings. The molecule has 0 unspecified atom stereocenters. The molecular weight excluding hydrogens is 616 g/mol. The summed E-state index contributed by atoms with van der Waals surface area (Å²) in [6.07, 6.45) is 1.68. The van der Waals surface area contributed by atoms with Crippen LogP contribution in [0.3, 0.4) is 0 Å². The molecule has 1 aliphatic rings. The summed E-state index contributed by atoms with van der Waals surface area (Å²) in [7, 11) is 1.34. The number of ether oxygens (including phenoxy) is 3. The third-order valence-electron chi connectivity index (χ3n) is 7.69. The first-order valence-corrected chi connectivity index (χ1v) is 15.9. The van der Waals surface area contributed by atoms with E-state index < -0.39 is 18.0 Å². The van der Waals surface area contributed by atoms with Gasteiger partial charge in [0.15, 0.2) is 4.80 Å². The maximum atomic E-state index is 14.2. The molecule has 0 N–H and O–H groups in total. The lowest BCUT2D eigenvalue weighted by Crippen LogP contribution is -2.40. The lowest BCUT2D eigenvalue weighted by atomic mass is 9.93. The number of aromatic nitrogens is 1. The highest BCUT2D eigenvalue weighted by atomic mass is 32.1. The van der Waals surface area contributed by atoms with Crippen LogP contribution < -0.4 is 19.6 Å². The maximum Gasteiger partial charge on any atom is 0.338 e. The summed E-state index contributed by atoms with van der Waals surface area (Å²) < 4.78 is 24.1. The number of hydrogen-bond acceptors (Lipinski definition) is 9. The standard InChI is InChI=1S/C37H32N2O7S/c1-5-44-26-15-12-24(13-16-26)33-31(36(42)45-6-2)32(23-10-8-7-9-11-23)38-37-39(33)34(40)30(47-37)21-27-17-19-29(46-27)28-18-14-25(20-22(28)3)35(41)43-4/h7-21,33H,5-6H2,1-4H3/b30-21-/t33-/m0/s1. The molecule has 6 rings (SSSR count). The fraction of sp³-hybridized carbons (Fsp3) is 0.189. The van der Waals surface area contributed by atoms with Gasteiger partial charge in [-0.25, -0.2) is 14.6 Å². The molecule has 0 saturated heterocycles. The Balaban J connectivity index is 1.50. The van der Waals surface area contributed by atoms with Crippen molar-refractivity contribution in [3.63, 3.8) is 0 Å². The zero-order chi connectivity index (χ0) is 33.1. The highest BCUT2D eigenvalue weighted by Crippen LogP contribution is 2.36. The molecule has 0 saturated carbocycles. The van der Waals surface area contributed by atoms with E-state index in [1.54, 1.807) is 41.8 Å². The van der Waals surface area contributed by atoms with Gasteiger partial charge in [0.05, 0.1) is 47.7 Å². The van der Waals surface area contributed by atoms with Crippen molar-refractivity contribution < 1.29 is 28.2 Å². The van der Waals surface area contributed by atoms with E-state index in [-0.39, 0.29) is 17.7 Å². The van der Waals surface area contributed by atoms with Crippen LogP contribution in [0.25, 0.3) is 23.1 Å². The van der Waals surface area contributed by atoms with E-state index in [1.807, 2.05) is 74.5 Å². The van der Waals surface area contributed by atoms with Gasteiger partial charge in [-0.2, -0.15) is 0 Å². The average Bonchev–Trinajstić information content (AvgIpc) is 3.68. The predicted octanol–water partition coefficient (Wildman–Crippen LogP) is 5.69. The number of carbonyl (C=O) groups is 2. The molecule has 0 radical (unpaired) electrons. The first-order valence-electron chi connectivity index (χ1n) is 15.1. The zero-order valence-corrected chi connectivity index (χ0v) is 27.1. The van der Waals surface area contributed by atoms with Crippen LogP contribution in [-0.4, -0.2) is 36.8 Å². The second kappa shape index (κ2) is 13.5. The van der Waals surface area contributed by atoms with Crippen molar-refractivity contribution in [1.29, 1.82) is 0 Å². The van der Waals surface area contributed by atoms with Crippen LogP contribution in [0, 0.1) is 6.92 Å². The second-order valence-electron chi connectivity index (χ2n) is 10.7. The molecule has 3 heterocycles. The van der Waals surface area contributed by atoms with Crippen LogP contribution >= 0.6 is 11.3 Å². The fourth-order valence-electron chi connectivity index (χ4n) is 5.56. The molecule has 2 aromatic heterocycles. The lowest BCUT2D eigenvalue weighted by molar-refractivity contribution is -0.138. The van der Waals surface area contributed by atoms with E-state index in [1.165, 1.54) is 18.4 Å². The molecule has 238 valence electrons. The number of rotatable bonds is 9. The molecule has 0 aliphatic carbocycles. The van der Waals surface area contributed by atoms with Crippen LogP contribution in [0.1, 0.15) is 52.7 Å². The minimum atomic E-state index is -0.804. The summed E-state index contributed by atoms with van der Waals surface area (Å²) in [6, 6.07) is 24.8. The molecule has 3 aromatic carbocycles. The third-order valence-corrected chi connectivity index (χ3v) is 8.68. The van der Waals surface area contributed by atoms with E-state index in [4.69, 9.17) is 23.6 Å². The van der Waals surface area contributed by atoms with Gasteiger partial charge in [-0.15, -0.1) is 0 Å². The SMILES string of the molecule is CCOC(=O)C1=C(c2ccccc2)N=c2s/c(=C\c3ccc(-c4ccc(C(=O)OC)cc4C)o3)c(=O)n2[C@H]1c1ccc(OCC)cc1. The molecule has 47 heavy (non-hydrogen) atoms. The summed E-state index contributed by atoms with van der Waals surface area (Å²) in [6.45, 7) is 6.21. The van der Waals surface area contributed by atoms with Crippen molar-refractivity contribution in [2.75, 3.05) is 20.3 Å². The summed E-state index contributed by atoms with van der Waals surface area (Å²) in [5.74, 6) is 0.763. The van der Waals surface area contributed by atoms with Crippen LogP contribution in [0.2, 0.25) is 0 Å². The van der Waals surface area contributed by atoms with Crippen molar-refractivity contribution in [2.45, 2.75) is 26.8 Å². The van der Waals surface area contributed by atoms with Gasteiger partial charge in [-0.3, -0.25) is 9.36 Å². The van der Waals surface area contributed by atoms with Crippen LogP contribution in [0.5, 0.6) is 5.75 Å². The largest absolute Gasteiger partial charge is 0.494 e. The normalized spacial score (nSPS) is 14.4. The van der Waals surface area contributed by atoms with Crippen LogP contribution in [0.15, 0.2) is 105 Å². The average molecular weight is 649 g/mol. The molecule has 9 nitrogen and oxygen atoms in total. The van der Waals surface area contributed by atoms with Gasteiger partial charge in [0.2, 0.25) is 0 Å². The van der Waals surface area contributed by atoms with E-state index in [9.17, 15) is 14.4 Å². The Bertz CT molecular complexity index is 2170. The third kappa shape index (κ3) is 6.19. The summed E-state index contributed by atoms with van der Waals surface area (Å²) in [5, 5.41) is 0. The zero-order valence-electron chi connectivity index (χ0n) is 26.3. The topological polar surface area (TPSA) is 109 Å². The van der Waals surface area contributed by atoms with Crippen molar-refractivity contribution in [1.82, 2.24) is 4.57 Å². The molecule has 10 heteroatoms. The number of hydrogen-bond donors (Lipinski definition) is 0. The van der Waals surface area contributed by atoms with Crippen molar-refractivity contribution in [3.05, 3.63) is 138 Å². The lowest BCUT2D eigenvalue weighted by Gasteiger charge is -2.26. The second-order valence-corrected chi connectivity index (χ2v) is 11.7. The number of esters is 2. The maximum absolute atomic E-state index is 14.2. The minimum absolute atomic E-state index is 0.163. The number of nitrogens with zero attached hydrogens (tertiary/aromatic N) is 2. The quantitative estimate of drug-likeness (QED) is 0.189. The van der Waals surface area contributed by atoms with E-state index in [2.05, 4.69) is 0 Å². The molecule has 0 bridgehead atoms. The van der Waals surface area contributed by atoms with Crippen molar-refractivity contribution in [2.24, 2.45) is 4.99 Å². The Morgan fingerprint density at radius 3 is 2.40 bits per heavy atom.